The first-order chi connectivity index (χ1) is 10.8. The van der Waals surface area contributed by atoms with Crippen molar-refractivity contribution in [2.45, 2.75) is 37.3 Å². The first kappa shape index (κ1) is 19.3. The maximum absolute atomic E-state index is 12.3. The average Bonchev–Trinajstić information content (AvgIpc) is 3.35. The number of carboxylic acids is 2. The summed E-state index contributed by atoms with van der Waals surface area (Å²) in [5, 5.41) is 21.8. The van der Waals surface area contributed by atoms with Crippen LogP contribution >= 0.6 is 24.2 Å². The third-order valence-corrected chi connectivity index (χ3v) is 6.45. The fourth-order valence-electron chi connectivity index (χ4n) is 4.54. The zero-order chi connectivity index (χ0) is 17.0. The Hall–Kier alpha value is -0.990. The van der Waals surface area contributed by atoms with E-state index in [4.69, 9.17) is 5.73 Å². The molecule has 24 heavy (non-hydrogen) atoms. The van der Waals surface area contributed by atoms with Gasteiger partial charge < -0.3 is 21.3 Å². The van der Waals surface area contributed by atoms with E-state index >= 15 is 0 Å². The van der Waals surface area contributed by atoms with Crippen LogP contribution in [0.25, 0.3) is 0 Å². The second-order valence-electron chi connectivity index (χ2n) is 7.11. The summed E-state index contributed by atoms with van der Waals surface area (Å²) in [6, 6.07) is -0.769. The van der Waals surface area contributed by atoms with Gasteiger partial charge in [-0.15, -0.1) is 12.4 Å². The van der Waals surface area contributed by atoms with E-state index < -0.39 is 41.3 Å². The molecule has 0 aliphatic heterocycles. The van der Waals surface area contributed by atoms with Crippen molar-refractivity contribution in [3.05, 3.63) is 0 Å². The number of carboxylic acid groups (broad SMARTS) is 2. The summed E-state index contributed by atoms with van der Waals surface area (Å²) in [4.78, 5) is 35.7. The number of thioether (sulfide) groups is 1. The molecule has 0 heterocycles. The van der Waals surface area contributed by atoms with Crippen LogP contribution in [0.15, 0.2) is 0 Å². The Morgan fingerprint density at radius 1 is 1.29 bits per heavy atom. The molecule has 3 rings (SSSR count). The van der Waals surface area contributed by atoms with Crippen molar-refractivity contribution in [1.82, 2.24) is 5.32 Å². The number of halogens is 1. The topological polar surface area (TPSA) is 130 Å². The highest BCUT2D eigenvalue weighted by atomic mass is 35.5. The van der Waals surface area contributed by atoms with E-state index in [1.165, 1.54) is 0 Å². The lowest BCUT2D eigenvalue weighted by Gasteiger charge is -2.31. The zero-order valence-corrected chi connectivity index (χ0v) is 15.0. The average molecular weight is 379 g/mol. The van der Waals surface area contributed by atoms with Gasteiger partial charge in [0.15, 0.2) is 0 Å². The van der Waals surface area contributed by atoms with Crippen LogP contribution in [0.3, 0.4) is 0 Å². The van der Waals surface area contributed by atoms with Crippen molar-refractivity contribution < 1.29 is 24.6 Å². The number of amides is 1. The molecule has 9 heteroatoms. The van der Waals surface area contributed by atoms with Gasteiger partial charge in [0.05, 0.1) is 12.0 Å². The highest BCUT2D eigenvalue weighted by Gasteiger charge is 2.82. The molecular weight excluding hydrogens is 356 g/mol. The Balaban J connectivity index is 0.00000208. The normalized spacial score (nSPS) is 35.5. The minimum atomic E-state index is -1.47. The quantitative estimate of drug-likeness (QED) is 0.509. The molecule has 1 spiro atoms. The molecule has 3 unspecified atom stereocenters. The number of aliphatic carboxylic acids is 2. The Labute approximate surface area is 150 Å². The third-order valence-electron chi connectivity index (χ3n) is 5.80. The van der Waals surface area contributed by atoms with Gasteiger partial charge in [0.25, 0.3) is 0 Å². The molecule has 7 nitrogen and oxygen atoms in total. The van der Waals surface area contributed by atoms with Gasteiger partial charge in [-0.3, -0.25) is 9.59 Å². The molecule has 0 saturated heterocycles. The fraction of sp³-hybridized carbons (Fsp3) is 0.800. The third kappa shape index (κ3) is 2.78. The van der Waals surface area contributed by atoms with Crippen LogP contribution in [0.5, 0.6) is 0 Å². The molecule has 0 aromatic carbocycles. The lowest BCUT2D eigenvalue weighted by atomic mass is 9.84. The first-order valence-corrected chi connectivity index (χ1v) is 9.21. The van der Waals surface area contributed by atoms with E-state index in [0.717, 1.165) is 12.8 Å². The zero-order valence-electron chi connectivity index (χ0n) is 13.4. The number of carbonyl (C=O) groups excluding carboxylic acids is 1. The number of nitrogens with one attached hydrogen (secondary N) is 1. The second kappa shape index (κ2) is 6.38. The minimum absolute atomic E-state index is 0. The molecule has 3 aliphatic rings. The molecule has 5 N–H and O–H groups in total. The minimum Gasteiger partial charge on any atom is -0.481 e. The van der Waals surface area contributed by atoms with Gasteiger partial charge in [0.1, 0.15) is 5.54 Å². The summed E-state index contributed by atoms with van der Waals surface area (Å²) in [6.45, 7) is 0. The van der Waals surface area contributed by atoms with Gasteiger partial charge in [-0.25, -0.2) is 4.79 Å². The van der Waals surface area contributed by atoms with Crippen molar-refractivity contribution in [3.8, 4) is 0 Å². The van der Waals surface area contributed by atoms with Gasteiger partial charge in [-0.05, 0) is 49.0 Å². The predicted molar refractivity (Wildman–Crippen MR) is 91.1 cm³/mol. The predicted octanol–water partition coefficient (Wildman–Crippen LogP) is 0.559. The Bertz CT molecular complexity index is 570. The van der Waals surface area contributed by atoms with Crippen molar-refractivity contribution in [2.75, 3.05) is 12.0 Å². The summed E-state index contributed by atoms with van der Waals surface area (Å²) in [5.41, 5.74) is 4.16. The molecule has 0 bridgehead atoms. The van der Waals surface area contributed by atoms with E-state index in [1.54, 1.807) is 11.8 Å². The van der Waals surface area contributed by atoms with Crippen molar-refractivity contribution in [1.29, 1.82) is 0 Å². The van der Waals surface area contributed by atoms with Crippen molar-refractivity contribution in [3.63, 3.8) is 0 Å². The van der Waals surface area contributed by atoms with Crippen LogP contribution < -0.4 is 11.1 Å². The van der Waals surface area contributed by atoms with E-state index in [-0.39, 0.29) is 23.7 Å². The Morgan fingerprint density at radius 3 is 2.38 bits per heavy atom. The number of nitrogens with two attached hydrogens (primary N) is 1. The SMILES string of the molecule is CSCC[C@H](N)C(=O)NC1(C(=O)O)CC2(CC2)C2C1[C@H]2C(=O)O.Cl. The summed E-state index contributed by atoms with van der Waals surface area (Å²) in [6.07, 6.45) is 4.39. The van der Waals surface area contributed by atoms with Crippen LogP contribution in [-0.2, 0) is 14.4 Å². The smallest absolute Gasteiger partial charge is 0.329 e. The molecule has 0 aromatic rings. The summed E-state index contributed by atoms with van der Waals surface area (Å²) >= 11 is 1.56. The highest BCUT2D eigenvalue weighted by molar-refractivity contribution is 7.98. The van der Waals surface area contributed by atoms with Crippen molar-refractivity contribution >= 4 is 42.0 Å². The van der Waals surface area contributed by atoms with E-state index in [9.17, 15) is 24.6 Å². The van der Waals surface area contributed by atoms with Crippen LogP contribution in [0.1, 0.15) is 25.7 Å². The number of rotatable bonds is 7. The molecular formula is C15H23ClN2O5S. The summed E-state index contributed by atoms with van der Waals surface area (Å²) < 4.78 is 0. The molecule has 3 aliphatic carbocycles. The van der Waals surface area contributed by atoms with E-state index in [2.05, 4.69) is 5.32 Å². The summed E-state index contributed by atoms with van der Waals surface area (Å²) in [7, 11) is 0. The van der Waals surface area contributed by atoms with Gasteiger partial charge in [0.2, 0.25) is 5.91 Å². The van der Waals surface area contributed by atoms with Gasteiger partial charge >= 0.3 is 11.9 Å². The molecule has 5 atom stereocenters. The van der Waals surface area contributed by atoms with Crippen LogP contribution in [-0.4, -0.2) is 51.6 Å². The number of hydrogen-bond acceptors (Lipinski definition) is 5. The number of hydrogen-bond donors (Lipinski definition) is 4. The first-order valence-electron chi connectivity index (χ1n) is 7.82. The van der Waals surface area contributed by atoms with Crippen LogP contribution in [0.4, 0.5) is 0 Å². The second-order valence-corrected chi connectivity index (χ2v) is 8.09. The molecule has 136 valence electrons. The van der Waals surface area contributed by atoms with Gasteiger partial charge in [-0.2, -0.15) is 11.8 Å². The molecule has 3 fully saturated rings. The molecule has 0 radical (unpaired) electrons. The monoisotopic (exact) mass is 378 g/mol. The largest absolute Gasteiger partial charge is 0.481 e. The van der Waals surface area contributed by atoms with Crippen LogP contribution in [0, 0.1) is 23.2 Å². The fourth-order valence-corrected chi connectivity index (χ4v) is 5.03. The molecule has 3 saturated carbocycles. The number of carbonyl (C=O) groups is 3. The molecule has 1 amide bonds. The number of fused-ring (bicyclic) bond motifs is 2. The standard InChI is InChI=1S/C15H22N2O5S.ClH/c1-23-5-2-7(16)11(18)17-15(13(21)22)6-14(3-4-14)9-8(10(9)15)12(19)20;/h7-10H,2-6,16H2,1H3,(H,17,18)(H,19,20)(H,21,22);1H/t7-,8-,9?,10?,15?;/m0./s1. The Kier molecular flexibility index (Phi) is 5.14. The maximum atomic E-state index is 12.3. The van der Waals surface area contributed by atoms with Crippen molar-refractivity contribution in [2.24, 2.45) is 28.9 Å². The van der Waals surface area contributed by atoms with E-state index in [1.807, 2.05) is 6.26 Å². The van der Waals surface area contributed by atoms with Crippen LogP contribution in [0.2, 0.25) is 0 Å². The van der Waals surface area contributed by atoms with Gasteiger partial charge in [-0.1, -0.05) is 0 Å². The van der Waals surface area contributed by atoms with Gasteiger partial charge in [0, 0.05) is 5.92 Å². The van der Waals surface area contributed by atoms with E-state index in [0.29, 0.717) is 18.6 Å². The lowest BCUT2D eigenvalue weighted by molar-refractivity contribution is -0.150. The summed E-state index contributed by atoms with van der Waals surface area (Å²) in [5.74, 6) is -3.18. The maximum Gasteiger partial charge on any atom is 0.329 e. The lowest BCUT2D eigenvalue weighted by Crippen LogP contribution is -2.59. The highest BCUT2D eigenvalue weighted by Crippen LogP contribution is 2.78. The molecule has 0 aromatic heterocycles. The Morgan fingerprint density at radius 2 is 1.92 bits per heavy atom.